The third kappa shape index (κ3) is 3.19. The molecule has 1 aromatic heterocycles. The van der Waals surface area contributed by atoms with E-state index in [1.807, 2.05) is 6.92 Å². The molecule has 3 rings (SSSR count). The summed E-state index contributed by atoms with van der Waals surface area (Å²) in [4.78, 5) is 11.6. The molecule has 1 heterocycles. The number of aromatic nitrogens is 3. The molecular weight excluding hydrogens is 352 g/mol. The summed E-state index contributed by atoms with van der Waals surface area (Å²) in [6.45, 7) is 1.82. The smallest absolute Gasteiger partial charge is 0.280 e. The van der Waals surface area contributed by atoms with E-state index in [0.717, 1.165) is 5.56 Å². The molecule has 0 fully saturated rings. The van der Waals surface area contributed by atoms with Gasteiger partial charge >= 0.3 is 5.69 Å². The lowest BCUT2D eigenvalue weighted by Crippen LogP contribution is -2.16. The summed E-state index contributed by atoms with van der Waals surface area (Å²) in [5.74, 6) is 0. The summed E-state index contributed by atoms with van der Waals surface area (Å²) in [7, 11) is -3.85. The molecule has 0 atom stereocenters. The van der Waals surface area contributed by atoms with Crippen molar-refractivity contribution in [1.29, 1.82) is 0 Å². The van der Waals surface area contributed by atoms with Gasteiger partial charge in [-0.1, -0.05) is 23.7 Å². The fraction of sp³-hybridized carbons (Fsp3) is 0.0667. The lowest BCUT2D eigenvalue weighted by molar-refractivity contribution is 0.601. The van der Waals surface area contributed by atoms with Gasteiger partial charge < -0.3 is 0 Å². The van der Waals surface area contributed by atoms with Gasteiger partial charge in [0, 0.05) is 0 Å². The average Bonchev–Trinajstić information content (AvgIpc) is 2.92. The molecule has 0 bridgehead atoms. The van der Waals surface area contributed by atoms with Crippen molar-refractivity contribution in [2.75, 3.05) is 4.72 Å². The standard InChI is InChI=1S/C15H13ClN4O3S/c1-10-5-6-14(13(16)7-10)24(22,23)19-11-3-2-4-12(8-11)20-9-17-18-15(20)21/h2-9,19H,1H3,(H,18,21). The first kappa shape index (κ1) is 16.3. The molecule has 124 valence electrons. The first-order chi connectivity index (χ1) is 11.4. The molecule has 3 aromatic rings. The normalized spacial score (nSPS) is 11.4. The zero-order valence-electron chi connectivity index (χ0n) is 12.5. The topological polar surface area (TPSA) is 96.8 Å². The van der Waals surface area contributed by atoms with E-state index in [-0.39, 0.29) is 9.92 Å². The minimum absolute atomic E-state index is 0.0133. The summed E-state index contributed by atoms with van der Waals surface area (Å²) in [6.07, 6.45) is 1.31. The Morgan fingerprint density at radius 2 is 2.00 bits per heavy atom. The number of aryl methyl sites for hydroxylation is 1. The third-order valence-corrected chi connectivity index (χ3v) is 5.17. The van der Waals surface area contributed by atoms with E-state index >= 15 is 0 Å². The molecule has 7 nitrogen and oxygen atoms in total. The highest BCUT2D eigenvalue weighted by Gasteiger charge is 2.18. The Bertz CT molecular complexity index is 1060. The number of benzene rings is 2. The second-order valence-corrected chi connectivity index (χ2v) is 7.18. The summed E-state index contributed by atoms with van der Waals surface area (Å²) in [6, 6.07) is 11.1. The van der Waals surface area contributed by atoms with Crippen LogP contribution in [-0.4, -0.2) is 23.2 Å². The second kappa shape index (κ2) is 6.14. The Morgan fingerprint density at radius 1 is 1.21 bits per heavy atom. The summed E-state index contributed by atoms with van der Waals surface area (Å²) in [5, 5.41) is 6.06. The van der Waals surface area contributed by atoms with Gasteiger partial charge in [0.2, 0.25) is 0 Å². The predicted molar refractivity (Wildman–Crippen MR) is 91.2 cm³/mol. The molecule has 0 unspecified atom stereocenters. The molecule has 0 radical (unpaired) electrons. The van der Waals surface area contributed by atoms with E-state index in [0.29, 0.717) is 11.4 Å². The number of hydrogen-bond acceptors (Lipinski definition) is 4. The number of hydrogen-bond donors (Lipinski definition) is 2. The maximum atomic E-state index is 12.5. The van der Waals surface area contributed by atoms with Crippen molar-refractivity contribution in [1.82, 2.24) is 14.8 Å². The van der Waals surface area contributed by atoms with E-state index in [1.165, 1.54) is 23.0 Å². The van der Waals surface area contributed by atoms with Gasteiger partial charge in [-0.05, 0) is 42.8 Å². The van der Waals surface area contributed by atoms with Gasteiger partial charge in [0.1, 0.15) is 11.2 Å². The van der Waals surface area contributed by atoms with Crippen LogP contribution in [0.2, 0.25) is 5.02 Å². The van der Waals surface area contributed by atoms with Gasteiger partial charge in [-0.25, -0.2) is 22.9 Å². The van der Waals surface area contributed by atoms with E-state index in [1.54, 1.807) is 30.3 Å². The first-order valence-electron chi connectivity index (χ1n) is 6.88. The molecule has 9 heteroatoms. The zero-order chi connectivity index (χ0) is 17.3. The van der Waals surface area contributed by atoms with Crippen LogP contribution in [0.25, 0.3) is 5.69 Å². The van der Waals surface area contributed by atoms with E-state index in [4.69, 9.17) is 11.6 Å². The van der Waals surface area contributed by atoms with Gasteiger partial charge in [-0.3, -0.25) is 4.72 Å². The maximum absolute atomic E-state index is 12.5. The van der Waals surface area contributed by atoms with Crippen LogP contribution in [0.15, 0.2) is 58.5 Å². The zero-order valence-corrected chi connectivity index (χ0v) is 14.1. The van der Waals surface area contributed by atoms with Gasteiger partial charge in [0.25, 0.3) is 10.0 Å². The van der Waals surface area contributed by atoms with Crippen molar-refractivity contribution in [2.24, 2.45) is 0 Å². The van der Waals surface area contributed by atoms with Crippen molar-refractivity contribution in [3.05, 3.63) is 69.9 Å². The number of nitrogens with zero attached hydrogens (tertiary/aromatic N) is 2. The lowest BCUT2D eigenvalue weighted by atomic mass is 10.2. The van der Waals surface area contributed by atoms with Crippen LogP contribution in [-0.2, 0) is 10.0 Å². The SMILES string of the molecule is Cc1ccc(S(=O)(=O)Nc2cccc(-n3cn[nH]c3=O)c2)c(Cl)c1. The van der Waals surface area contributed by atoms with E-state index < -0.39 is 15.7 Å². The highest BCUT2D eigenvalue weighted by Crippen LogP contribution is 2.25. The van der Waals surface area contributed by atoms with Crippen molar-refractivity contribution in [3.63, 3.8) is 0 Å². The fourth-order valence-electron chi connectivity index (χ4n) is 2.19. The van der Waals surface area contributed by atoms with Crippen LogP contribution < -0.4 is 10.4 Å². The molecule has 0 spiro atoms. The van der Waals surface area contributed by atoms with Gasteiger partial charge in [-0.15, -0.1) is 0 Å². The minimum Gasteiger partial charge on any atom is -0.280 e. The van der Waals surface area contributed by atoms with Crippen LogP contribution in [0.5, 0.6) is 0 Å². The summed E-state index contributed by atoms with van der Waals surface area (Å²) < 4.78 is 28.8. The minimum atomic E-state index is -3.85. The predicted octanol–water partition coefficient (Wildman–Crippen LogP) is 2.32. The molecular formula is C15H13ClN4O3S. The first-order valence-corrected chi connectivity index (χ1v) is 8.74. The van der Waals surface area contributed by atoms with Crippen LogP contribution in [0.1, 0.15) is 5.56 Å². The lowest BCUT2D eigenvalue weighted by Gasteiger charge is -2.11. The maximum Gasteiger partial charge on any atom is 0.347 e. The number of halogens is 1. The van der Waals surface area contributed by atoms with E-state index in [2.05, 4.69) is 14.9 Å². The average molecular weight is 365 g/mol. The molecule has 0 amide bonds. The van der Waals surface area contributed by atoms with Crippen molar-refractivity contribution in [3.8, 4) is 5.69 Å². The number of H-pyrrole nitrogens is 1. The molecule has 0 aliphatic rings. The van der Waals surface area contributed by atoms with Crippen LogP contribution >= 0.6 is 11.6 Å². The summed E-state index contributed by atoms with van der Waals surface area (Å²) >= 11 is 6.04. The molecule has 2 N–H and O–H groups in total. The Hall–Kier alpha value is -2.58. The molecule has 0 aliphatic heterocycles. The van der Waals surface area contributed by atoms with E-state index in [9.17, 15) is 13.2 Å². The van der Waals surface area contributed by atoms with Gasteiger partial charge in [0.05, 0.1) is 16.4 Å². The largest absolute Gasteiger partial charge is 0.347 e. The number of anilines is 1. The molecule has 24 heavy (non-hydrogen) atoms. The number of sulfonamides is 1. The highest BCUT2D eigenvalue weighted by atomic mass is 35.5. The van der Waals surface area contributed by atoms with Gasteiger partial charge in [-0.2, -0.15) is 5.10 Å². The highest BCUT2D eigenvalue weighted by molar-refractivity contribution is 7.92. The summed E-state index contributed by atoms with van der Waals surface area (Å²) in [5.41, 5.74) is 1.22. The Balaban J connectivity index is 1.96. The Morgan fingerprint density at radius 3 is 2.67 bits per heavy atom. The molecule has 2 aromatic carbocycles. The number of nitrogens with one attached hydrogen (secondary N) is 2. The Labute approximate surface area is 143 Å². The molecule has 0 saturated carbocycles. The van der Waals surface area contributed by atoms with Crippen molar-refractivity contribution in [2.45, 2.75) is 11.8 Å². The third-order valence-electron chi connectivity index (χ3n) is 3.31. The van der Waals surface area contributed by atoms with Crippen LogP contribution in [0, 0.1) is 6.92 Å². The monoisotopic (exact) mass is 364 g/mol. The molecule has 0 aliphatic carbocycles. The van der Waals surface area contributed by atoms with Crippen molar-refractivity contribution >= 4 is 27.3 Å². The Kier molecular flexibility index (Phi) is 4.16. The van der Waals surface area contributed by atoms with Crippen LogP contribution in [0.4, 0.5) is 5.69 Å². The number of rotatable bonds is 4. The van der Waals surface area contributed by atoms with Gasteiger partial charge in [0.15, 0.2) is 0 Å². The van der Waals surface area contributed by atoms with Crippen LogP contribution in [0.3, 0.4) is 0 Å². The second-order valence-electron chi connectivity index (χ2n) is 5.12. The molecule has 0 saturated heterocycles. The quantitative estimate of drug-likeness (QED) is 0.742. The fourth-order valence-corrected chi connectivity index (χ4v) is 3.84. The number of aromatic amines is 1. The van der Waals surface area contributed by atoms with Crippen molar-refractivity contribution < 1.29 is 8.42 Å².